The largest absolute Gasteiger partial charge is 0.357 e. The maximum Gasteiger partial charge on any atom is 0.0472 e. The molecule has 1 aromatic carbocycles. The van der Waals surface area contributed by atoms with Crippen LogP contribution in [0, 0.1) is 0 Å². The number of likely N-dealkylation sites (tertiary alicyclic amines) is 1. The van der Waals surface area contributed by atoms with Crippen LogP contribution in [0.25, 0.3) is 0 Å². The van der Waals surface area contributed by atoms with E-state index in [0.717, 1.165) is 13.1 Å². The molecule has 1 aliphatic heterocycles. The Labute approximate surface area is 127 Å². The number of benzene rings is 1. The van der Waals surface area contributed by atoms with Gasteiger partial charge in [0.2, 0.25) is 0 Å². The van der Waals surface area contributed by atoms with Crippen molar-refractivity contribution in [2.75, 3.05) is 19.6 Å². The van der Waals surface area contributed by atoms with Crippen molar-refractivity contribution in [1.29, 1.82) is 0 Å². The van der Waals surface area contributed by atoms with Crippen molar-refractivity contribution in [1.82, 2.24) is 14.8 Å². The van der Waals surface area contributed by atoms with Gasteiger partial charge in [0.25, 0.3) is 0 Å². The fraction of sp³-hybridized carbons (Fsp3) is 0.444. The van der Waals surface area contributed by atoms with Crippen LogP contribution in [0.4, 0.5) is 0 Å². The summed E-state index contributed by atoms with van der Waals surface area (Å²) < 4.78 is 2.10. The molecule has 2 aromatic rings. The summed E-state index contributed by atoms with van der Waals surface area (Å²) in [7, 11) is 2.07. The molecule has 1 fully saturated rings. The lowest BCUT2D eigenvalue weighted by atomic mass is 10.1. The van der Waals surface area contributed by atoms with Crippen molar-refractivity contribution < 1.29 is 0 Å². The molecule has 0 amide bonds. The Balaban J connectivity index is 1.62. The van der Waals surface area contributed by atoms with Crippen LogP contribution < -0.4 is 5.32 Å². The molecule has 0 radical (unpaired) electrons. The summed E-state index contributed by atoms with van der Waals surface area (Å²) in [6.07, 6.45) is 6.95. The van der Waals surface area contributed by atoms with Gasteiger partial charge in [0, 0.05) is 38.6 Å². The second-order valence-electron chi connectivity index (χ2n) is 5.99. The summed E-state index contributed by atoms with van der Waals surface area (Å²) in [6.45, 7) is 4.41. The Kier molecular flexibility index (Phi) is 4.73. The summed E-state index contributed by atoms with van der Waals surface area (Å²) in [4.78, 5) is 2.62. The van der Waals surface area contributed by atoms with E-state index in [4.69, 9.17) is 0 Å². The maximum atomic E-state index is 3.64. The van der Waals surface area contributed by atoms with Crippen LogP contribution >= 0.6 is 0 Å². The third-order valence-corrected chi connectivity index (χ3v) is 4.33. The molecular formula is C18H25N3. The maximum absolute atomic E-state index is 3.64. The number of aromatic nitrogens is 1. The van der Waals surface area contributed by atoms with Gasteiger partial charge in [0.15, 0.2) is 0 Å². The topological polar surface area (TPSA) is 20.2 Å². The lowest BCUT2D eigenvalue weighted by Gasteiger charge is -2.28. The van der Waals surface area contributed by atoms with E-state index in [-0.39, 0.29) is 0 Å². The minimum Gasteiger partial charge on any atom is -0.357 e. The van der Waals surface area contributed by atoms with E-state index >= 15 is 0 Å². The van der Waals surface area contributed by atoms with Crippen molar-refractivity contribution >= 4 is 0 Å². The Morgan fingerprint density at radius 3 is 2.52 bits per heavy atom. The summed E-state index contributed by atoms with van der Waals surface area (Å²) in [6, 6.07) is 13.6. The quantitative estimate of drug-likeness (QED) is 0.879. The van der Waals surface area contributed by atoms with Gasteiger partial charge < -0.3 is 9.88 Å². The van der Waals surface area contributed by atoms with Crippen molar-refractivity contribution in [2.24, 2.45) is 7.05 Å². The second kappa shape index (κ2) is 6.92. The normalized spacial score (nSPS) is 17.2. The van der Waals surface area contributed by atoms with Gasteiger partial charge in [0.05, 0.1) is 0 Å². The predicted molar refractivity (Wildman–Crippen MR) is 87.1 cm³/mol. The van der Waals surface area contributed by atoms with Crippen LogP contribution in [0.2, 0.25) is 0 Å². The third kappa shape index (κ3) is 3.74. The van der Waals surface area contributed by atoms with Gasteiger partial charge in [-0.2, -0.15) is 0 Å². The molecule has 1 N–H and O–H groups in total. The zero-order valence-electron chi connectivity index (χ0n) is 12.8. The molecule has 3 rings (SSSR count). The molecule has 1 atom stereocenters. The van der Waals surface area contributed by atoms with E-state index in [1.165, 1.54) is 37.1 Å². The summed E-state index contributed by atoms with van der Waals surface area (Å²) >= 11 is 0. The van der Waals surface area contributed by atoms with Crippen molar-refractivity contribution in [3.63, 3.8) is 0 Å². The second-order valence-corrected chi connectivity index (χ2v) is 5.99. The van der Waals surface area contributed by atoms with E-state index in [2.05, 4.69) is 70.6 Å². The lowest BCUT2D eigenvalue weighted by molar-refractivity contribution is 0.238. The molecule has 3 heteroatoms. The smallest absolute Gasteiger partial charge is 0.0472 e. The zero-order valence-corrected chi connectivity index (χ0v) is 12.8. The summed E-state index contributed by atoms with van der Waals surface area (Å²) in [5, 5.41) is 3.64. The zero-order chi connectivity index (χ0) is 14.5. The molecule has 21 heavy (non-hydrogen) atoms. The Hall–Kier alpha value is -1.58. The molecule has 0 saturated carbocycles. The molecule has 1 aliphatic rings. The lowest BCUT2D eigenvalue weighted by Crippen LogP contribution is -2.33. The molecule has 2 heterocycles. The van der Waals surface area contributed by atoms with Gasteiger partial charge in [-0.3, -0.25) is 4.90 Å². The van der Waals surface area contributed by atoms with Crippen LogP contribution in [-0.2, 0) is 13.6 Å². The standard InChI is InChI=1S/C18H25N3/c1-20-12-9-16(15-20)13-19-14-18(21-10-5-6-11-21)17-7-3-2-4-8-17/h2-4,7-9,12,15,18-19H,5-6,10-11,13-14H2,1H3. The van der Waals surface area contributed by atoms with Crippen LogP contribution in [-0.4, -0.2) is 29.1 Å². The monoisotopic (exact) mass is 283 g/mol. The fourth-order valence-electron chi connectivity index (χ4n) is 3.20. The highest BCUT2D eigenvalue weighted by Gasteiger charge is 2.22. The van der Waals surface area contributed by atoms with Gasteiger partial charge in [-0.1, -0.05) is 30.3 Å². The number of hydrogen-bond acceptors (Lipinski definition) is 2. The van der Waals surface area contributed by atoms with E-state index in [1.54, 1.807) is 0 Å². The van der Waals surface area contributed by atoms with Crippen molar-refractivity contribution in [3.05, 3.63) is 59.9 Å². The third-order valence-electron chi connectivity index (χ3n) is 4.33. The van der Waals surface area contributed by atoms with Gasteiger partial charge in [-0.05, 0) is 43.1 Å². The first-order valence-electron chi connectivity index (χ1n) is 7.93. The Morgan fingerprint density at radius 1 is 1.10 bits per heavy atom. The Morgan fingerprint density at radius 2 is 1.86 bits per heavy atom. The number of nitrogens with zero attached hydrogens (tertiary/aromatic N) is 2. The van der Waals surface area contributed by atoms with E-state index in [0.29, 0.717) is 6.04 Å². The first kappa shape index (κ1) is 14.4. The van der Waals surface area contributed by atoms with Crippen LogP contribution in [0.15, 0.2) is 48.8 Å². The van der Waals surface area contributed by atoms with Crippen molar-refractivity contribution in [2.45, 2.75) is 25.4 Å². The summed E-state index contributed by atoms with van der Waals surface area (Å²) in [5.41, 5.74) is 2.78. The predicted octanol–water partition coefficient (Wildman–Crippen LogP) is 2.95. The molecule has 1 saturated heterocycles. The molecule has 0 aliphatic carbocycles. The van der Waals surface area contributed by atoms with E-state index < -0.39 is 0 Å². The van der Waals surface area contributed by atoms with Crippen LogP contribution in [0.5, 0.6) is 0 Å². The first-order chi connectivity index (χ1) is 10.3. The number of aryl methyl sites for hydroxylation is 1. The molecular weight excluding hydrogens is 258 g/mol. The van der Waals surface area contributed by atoms with Crippen LogP contribution in [0.1, 0.15) is 30.0 Å². The number of nitrogens with one attached hydrogen (secondary N) is 1. The molecule has 1 unspecified atom stereocenters. The highest BCUT2D eigenvalue weighted by Crippen LogP contribution is 2.24. The highest BCUT2D eigenvalue weighted by atomic mass is 15.2. The van der Waals surface area contributed by atoms with E-state index in [1.807, 2.05) is 0 Å². The minimum atomic E-state index is 0.498. The molecule has 1 aromatic heterocycles. The van der Waals surface area contributed by atoms with Gasteiger partial charge in [-0.15, -0.1) is 0 Å². The average molecular weight is 283 g/mol. The average Bonchev–Trinajstić information content (AvgIpc) is 3.16. The van der Waals surface area contributed by atoms with Crippen molar-refractivity contribution in [3.8, 4) is 0 Å². The van der Waals surface area contributed by atoms with Gasteiger partial charge in [-0.25, -0.2) is 0 Å². The van der Waals surface area contributed by atoms with Gasteiger partial charge >= 0.3 is 0 Å². The van der Waals surface area contributed by atoms with E-state index in [9.17, 15) is 0 Å². The SMILES string of the molecule is Cn1ccc(CNCC(c2ccccc2)N2CCCC2)c1. The summed E-state index contributed by atoms with van der Waals surface area (Å²) in [5.74, 6) is 0. The first-order valence-corrected chi connectivity index (χ1v) is 7.93. The number of hydrogen-bond donors (Lipinski definition) is 1. The van der Waals surface area contributed by atoms with Crippen LogP contribution in [0.3, 0.4) is 0 Å². The van der Waals surface area contributed by atoms with Gasteiger partial charge in [0.1, 0.15) is 0 Å². The highest BCUT2D eigenvalue weighted by molar-refractivity contribution is 5.20. The fourth-order valence-corrected chi connectivity index (χ4v) is 3.20. The molecule has 3 nitrogen and oxygen atoms in total. The molecule has 0 bridgehead atoms. The minimum absolute atomic E-state index is 0.498. The molecule has 0 spiro atoms. The molecule has 112 valence electrons. The number of rotatable bonds is 6. The Bertz CT molecular complexity index is 541.